The molecule has 0 amide bonds. The van der Waals surface area contributed by atoms with Crippen LogP contribution in [-0.2, 0) is 6.54 Å². The number of methoxy groups -OCH3 is 2. The molecule has 0 unspecified atom stereocenters. The van der Waals surface area contributed by atoms with Crippen LogP contribution in [0.2, 0.25) is 0 Å². The van der Waals surface area contributed by atoms with Gasteiger partial charge < -0.3 is 14.4 Å². The number of rotatable bonds is 5. The van der Waals surface area contributed by atoms with E-state index in [1.165, 1.54) is 5.69 Å². The van der Waals surface area contributed by atoms with E-state index >= 15 is 0 Å². The average molecular weight is 352 g/mol. The molecular weight excluding hydrogens is 332 g/mol. The molecule has 0 saturated heterocycles. The van der Waals surface area contributed by atoms with Crippen LogP contribution < -0.4 is 18.9 Å². The molecule has 1 aromatic heterocycles. The lowest BCUT2D eigenvalue weighted by Gasteiger charge is -2.12. The first-order valence-electron chi connectivity index (χ1n) is 6.62. The highest BCUT2D eigenvalue weighted by molar-refractivity contribution is 9.10. The summed E-state index contributed by atoms with van der Waals surface area (Å²) in [6, 6.07) is 8.11. The van der Waals surface area contributed by atoms with Gasteiger partial charge >= 0.3 is 0 Å². The Labute approximate surface area is 134 Å². The first-order chi connectivity index (χ1) is 10.0. The fourth-order valence-electron chi connectivity index (χ4n) is 2.07. The van der Waals surface area contributed by atoms with Gasteiger partial charge in [-0.05, 0) is 12.1 Å². The largest absolute Gasteiger partial charge is 0.493 e. The zero-order valence-electron chi connectivity index (χ0n) is 12.8. The number of ether oxygens (including phenoxy) is 2. The van der Waals surface area contributed by atoms with E-state index in [4.69, 9.17) is 9.47 Å². The van der Waals surface area contributed by atoms with E-state index < -0.39 is 0 Å². The lowest BCUT2D eigenvalue weighted by Crippen LogP contribution is -2.33. The monoisotopic (exact) mass is 351 g/mol. The van der Waals surface area contributed by atoms with Gasteiger partial charge in [0, 0.05) is 42.0 Å². The maximum atomic E-state index is 5.36. The fraction of sp³-hybridized carbons (Fsp3) is 0.312. The van der Waals surface area contributed by atoms with Crippen LogP contribution in [0.15, 0.2) is 41.1 Å². The van der Waals surface area contributed by atoms with Crippen molar-refractivity contribution in [3.63, 3.8) is 0 Å². The lowest BCUT2D eigenvalue weighted by atomic mass is 10.2. The number of pyridine rings is 1. The third-order valence-corrected chi connectivity index (χ3v) is 4.03. The summed E-state index contributed by atoms with van der Waals surface area (Å²) in [5.74, 6) is 1.46. The van der Waals surface area contributed by atoms with Crippen LogP contribution in [0.1, 0.15) is 5.56 Å². The molecule has 2 aromatic rings. The highest BCUT2D eigenvalue weighted by Crippen LogP contribution is 2.33. The molecule has 112 valence electrons. The fourth-order valence-corrected chi connectivity index (χ4v) is 2.51. The summed E-state index contributed by atoms with van der Waals surface area (Å²) >= 11 is 3.59. The zero-order chi connectivity index (χ0) is 15.4. The van der Waals surface area contributed by atoms with Crippen molar-refractivity contribution in [2.75, 3.05) is 33.2 Å². The van der Waals surface area contributed by atoms with E-state index in [1.807, 2.05) is 26.2 Å². The molecule has 2 rings (SSSR count). The second-order valence-electron chi connectivity index (χ2n) is 4.92. The summed E-state index contributed by atoms with van der Waals surface area (Å²) in [4.78, 5) is 2.08. The minimum Gasteiger partial charge on any atom is -0.493 e. The third kappa shape index (κ3) is 3.67. The van der Waals surface area contributed by atoms with Crippen LogP contribution >= 0.6 is 15.9 Å². The topological polar surface area (TPSA) is 25.6 Å². The normalized spacial score (nSPS) is 10.3. The number of nitrogens with zero attached hydrogens (tertiary/aromatic N) is 2. The molecule has 0 aliphatic carbocycles. The Balaban J connectivity index is 2.26. The number of hydrogen-bond acceptors (Lipinski definition) is 3. The maximum absolute atomic E-state index is 5.36. The van der Waals surface area contributed by atoms with Crippen molar-refractivity contribution in [1.82, 2.24) is 0 Å². The summed E-state index contributed by atoms with van der Waals surface area (Å²) in [7, 11) is 7.35. The number of benzene rings is 1. The summed E-state index contributed by atoms with van der Waals surface area (Å²) in [5, 5.41) is 0. The van der Waals surface area contributed by atoms with E-state index in [-0.39, 0.29) is 0 Å². The standard InChI is InChI=1S/C16H20BrN2O2/c1-18(2)13-5-7-19(8-6-13)11-12-9-15(20-3)16(21-4)10-14(12)17/h5-10H,11H2,1-4H3/q+1. The van der Waals surface area contributed by atoms with Gasteiger partial charge in [0.2, 0.25) is 0 Å². The van der Waals surface area contributed by atoms with E-state index in [0.29, 0.717) is 0 Å². The van der Waals surface area contributed by atoms with Gasteiger partial charge in [-0.1, -0.05) is 15.9 Å². The van der Waals surface area contributed by atoms with E-state index in [0.717, 1.165) is 28.1 Å². The highest BCUT2D eigenvalue weighted by Gasteiger charge is 2.13. The molecule has 0 saturated carbocycles. The Morgan fingerprint density at radius 3 is 2.14 bits per heavy atom. The predicted molar refractivity (Wildman–Crippen MR) is 87.3 cm³/mol. The summed E-state index contributed by atoms with van der Waals surface area (Å²) < 4.78 is 13.8. The van der Waals surface area contributed by atoms with Crippen molar-refractivity contribution in [1.29, 1.82) is 0 Å². The molecule has 1 heterocycles. The smallest absolute Gasteiger partial charge is 0.175 e. The van der Waals surface area contributed by atoms with Crippen molar-refractivity contribution >= 4 is 21.6 Å². The van der Waals surface area contributed by atoms with Crippen LogP contribution in [0.25, 0.3) is 0 Å². The average Bonchev–Trinajstić information content (AvgIpc) is 2.49. The lowest BCUT2D eigenvalue weighted by molar-refractivity contribution is -0.688. The molecule has 21 heavy (non-hydrogen) atoms. The van der Waals surface area contributed by atoms with Crippen molar-refractivity contribution in [2.45, 2.75) is 6.54 Å². The molecule has 0 bridgehead atoms. The highest BCUT2D eigenvalue weighted by atomic mass is 79.9. The molecule has 5 heteroatoms. The predicted octanol–water partition coefficient (Wildman–Crippen LogP) is 2.87. The van der Waals surface area contributed by atoms with Crippen molar-refractivity contribution < 1.29 is 14.0 Å². The number of anilines is 1. The minimum absolute atomic E-state index is 0.723. The Bertz CT molecular complexity index is 612. The molecule has 1 aromatic carbocycles. The van der Waals surface area contributed by atoms with Crippen LogP contribution in [0, 0.1) is 0 Å². The molecule has 0 spiro atoms. The third-order valence-electron chi connectivity index (χ3n) is 3.30. The second-order valence-corrected chi connectivity index (χ2v) is 5.78. The number of aromatic nitrogens is 1. The minimum atomic E-state index is 0.723. The van der Waals surface area contributed by atoms with Gasteiger partial charge in [0.1, 0.15) is 0 Å². The molecule has 0 aliphatic rings. The van der Waals surface area contributed by atoms with Gasteiger partial charge in [0.05, 0.1) is 14.2 Å². The Kier molecular flexibility index (Phi) is 5.07. The summed E-state index contributed by atoms with van der Waals surface area (Å²) in [6.07, 6.45) is 4.14. The van der Waals surface area contributed by atoms with Gasteiger partial charge in [-0.25, -0.2) is 4.57 Å². The van der Waals surface area contributed by atoms with E-state index in [2.05, 4.69) is 49.9 Å². The van der Waals surface area contributed by atoms with Gasteiger partial charge in [-0.3, -0.25) is 0 Å². The Morgan fingerprint density at radius 1 is 1.05 bits per heavy atom. The van der Waals surface area contributed by atoms with Crippen LogP contribution in [0.5, 0.6) is 11.5 Å². The van der Waals surface area contributed by atoms with Crippen molar-refractivity contribution in [3.8, 4) is 11.5 Å². The molecule has 0 N–H and O–H groups in total. The summed E-state index contributed by atoms with van der Waals surface area (Å²) in [5.41, 5.74) is 2.31. The molecular formula is C16H20BrN2O2+. The van der Waals surface area contributed by atoms with E-state index in [9.17, 15) is 0 Å². The first kappa shape index (κ1) is 15.6. The van der Waals surface area contributed by atoms with Gasteiger partial charge in [0.15, 0.2) is 30.4 Å². The Hall–Kier alpha value is -1.75. The second kappa shape index (κ2) is 6.80. The SMILES string of the molecule is COc1cc(Br)c(C[n+]2ccc(N(C)C)cc2)cc1OC. The van der Waals surface area contributed by atoms with Gasteiger partial charge in [-0.15, -0.1) is 0 Å². The first-order valence-corrected chi connectivity index (χ1v) is 7.41. The molecule has 4 nitrogen and oxygen atoms in total. The quantitative estimate of drug-likeness (QED) is 0.774. The van der Waals surface area contributed by atoms with Crippen LogP contribution in [-0.4, -0.2) is 28.3 Å². The molecule has 0 atom stereocenters. The molecule has 0 radical (unpaired) electrons. The number of hydrogen-bond donors (Lipinski definition) is 0. The Morgan fingerprint density at radius 2 is 1.62 bits per heavy atom. The zero-order valence-corrected chi connectivity index (χ0v) is 14.3. The van der Waals surface area contributed by atoms with E-state index in [1.54, 1.807) is 14.2 Å². The summed E-state index contributed by atoms with van der Waals surface area (Å²) in [6.45, 7) is 0.759. The molecule has 0 fully saturated rings. The number of halogens is 1. The van der Waals surface area contributed by atoms with Gasteiger partial charge in [0.25, 0.3) is 0 Å². The van der Waals surface area contributed by atoms with Gasteiger partial charge in [-0.2, -0.15) is 0 Å². The van der Waals surface area contributed by atoms with Crippen molar-refractivity contribution in [3.05, 3.63) is 46.7 Å². The van der Waals surface area contributed by atoms with Crippen LogP contribution in [0.4, 0.5) is 5.69 Å². The molecule has 0 aliphatic heterocycles. The van der Waals surface area contributed by atoms with Crippen molar-refractivity contribution in [2.24, 2.45) is 0 Å². The van der Waals surface area contributed by atoms with Crippen LogP contribution in [0.3, 0.4) is 0 Å². The maximum Gasteiger partial charge on any atom is 0.175 e.